The Morgan fingerprint density at radius 1 is 1.04 bits per heavy atom. The average molecular weight is 307 g/mol. The molecule has 2 aromatic carbocycles. The van der Waals surface area contributed by atoms with Crippen LogP contribution >= 0.6 is 0 Å². The molecule has 1 N–H and O–H groups in total. The van der Waals surface area contributed by atoms with Crippen molar-refractivity contribution in [1.29, 1.82) is 0 Å². The number of amides is 1. The van der Waals surface area contributed by atoms with Gasteiger partial charge in [0.1, 0.15) is 0 Å². The molecular weight excluding hydrogens is 286 g/mol. The summed E-state index contributed by atoms with van der Waals surface area (Å²) in [5, 5.41) is 2.83. The second-order valence-corrected chi connectivity index (χ2v) is 6.26. The van der Waals surface area contributed by atoms with E-state index in [1.54, 1.807) is 0 Å². The summed E-state index contributed by atoms with van der Waals surface area (Å²) < 4.78 is 0. The number of hydrogen-bond donors (Lipinski definition) is 1. The molecular formula is C20H21NO2. The number of rotatable bonds is 5. The van der Waals surface area contributed by atoms with Gasteiger partial charge in [0.25, 0.3) is 0 Å². The first-order valence-electron chi connectivity index (χ1n) is 8.10. The maximum absolute atomic E-state index is 11.9. The van der Waals surface area contributed by atoms with Gasteiger partial charge in [-0.3, -0.25) is 9.59 Å². The Hall–Kier alpha value is -2.42. The van der Waals surface area contributed by atoms with Gasteiger partial charge in [0.15, 0.2) is 5.78 Å². The normalized spacial score (nSPS) is 20.0. The lowest BCUT2D eigenvalue weighted by Crippen LogP contribution is -2.53. The summed E-state index contributed by atoms with van der Waals surface area (Å²) in [6.07, 6.45) is 1.70. The highest BCUT2D eigenvalue weighted by Crippen LogP contribution is 2.23. The average Bonchev–Trinajstić information content (AvgIpc) is 2.59. The van der Waals surface area contributed by atoms with E-state index >= 15 is 0 Å². The summed E-state index contributed by atoms with van der Waals surface area (Å²) in [7, 11) is 0. The van der Waals surface area contributed by atoms with Crippen LogP contribution in [0.2, 0.25) is 0 Å². The van der Waals surface area contributed by atoms with E-state index in [0.717, 1.165) is 5.56 Å². The van der Waals surface area contributed by atoms with Crippen molar-refractivity contribution in [2.45, 2.75) is 32.2 Å². The molecule has 0 heterocycles. The molecule has 1 amide bonds. The molecule has 3 rings (SSSR count). The molecule has 0 saturated heterocycles. The number of nitrogens with one attached hydrogen (secondary N) is 1. The van der Waals surface area contributed by atoms with Crippen molar-refractivity contribution in [2.75, 3.05) is 0 Å². The molecule has 0 radical (unpaired) electrons. The summed E-state index contributed by atoms with van der Waals surface area (Å²) in [6.45, 7) is 1.99. The third kappa shape index (κ3) is 3.67. The summed E-state index contributed by atoms with van der Waals surface area (Å²) in [5.41, 5.74) is 3.50. The summed E-state index contributed by atoms with van der Waals surface area (Å²) in [4.78, 5) is 23.3. The predicted molar refractivity (Wildman–Crippen MR) is 90.9 cm³/mol. The van der Waals surface area contributed by atoms with Crippen molar-refractivity contribution in [1.82, 2.24) is 5.32 Å². The van der Waals surface area contributed by atoms with E-state index < -0.39 is 0 Å². The van der Waals surface area contributed by atoms with Crippen molar-refractivity contribution < 1.29 is 9.59 Å². The van der Waals surface area contributed by atoms with Crippen molar-refractivity contribution in [3.8, 4) is 11.1 Å². The largest absolute Gasteiger partial charge is 0.346 e. The molecule has 0 aliphatic heterocycles. The molecule has 118 valence electrons. The smallest absolute Gasteiger partial charge is 0.220 e. The van der Waals surface area contributed by atoms with E-state index in [2.05, 4.69) is 41.7 Å². The van der Waals surface area contributed by atoms with Crippen LogP contribution in [0.15, 0.2) is 54.6 Å². The molecule has 0 bridgehead atoms. The maximum Gasteiger partial charge on any atom is 0.220 e. The van der Waals surface area contributed by atoms with Gasteiger partial charge >= 0.3 is 0 Å². The topological polar surface area (TPSA) is 46.2 Å². The lowest BCUT2D eigenvalue weighted by molar-refractivity contribution is -0.135. The first-order chi connectivity index (χ1) is 11.1. The minimum absolute atomic E-state index is 0.0398. The standard InChI is InChI=1S/C20H21NO2/c1-14-13-18(22)20(14)21-19(23)12-9-15-7-10-17(11-8-15)16-5-3-2-4-6-16/h2-8,10-11,14,20H,9,12-13H2,1H3,(H,21,23)/t14-,20+/m1/s1. The zero-order chi connectivity index (χ0) is 16.2. The van der Waals surface area contributed by atoms with Crippen molar-refractivity contribution >= 4 is 11.7 Å². The number of aryl methyl sites for hydroxylation is 1. The van der Waals surface area contributed by atoms with Crippen LogP contribution in [0.4, 0.5) is 0 Å². The number of benzene rings is 2. The minimum Gasteiger partial charge on any atom is -0.346 e. The third-order valence-corrected chi connectivity index (χ3v) is 4.46. The van der Waals surface area contributed by atoms with E-state index in [-0.39, 0.29) is 23.7 Å². The van der Waals surface area contributed by atoms with Crippen LogP contribution in [-0.2, 0) is 16.0 Å². The van der Waals surface area contributed by atoms with Crippen LogP contribution < -0.4 is 5.32 Å². The highest BCUT2D eigenvalue weighted by Gasteiger charge is 2.36. The van der Waals surface area contributed by atoms with Gasteiger partial charge < -0.3 is 5.32 Å². The molecule has 1 saturated carbocycles. The minimum atomic E-state index is -0.261. The number of carbonyl (C=O) groups excluding carboxylic acids is 2. The van der Waals surface area contributed by atoms with Crippen molar-refractivity contribution in [3.05, 3.63) is 60.2 Å². The lowest BCUT2D eigenvalue weighted by Gasteiger charge is -2.32. The van der Waals surface area contributed by atoms with Crippen molar-refractivity contribution in [2.24, 2.45) is 5.92 Å². The fraction of sp³-hybridized carbons (Fsp3) is 0.300. The maximum atomic E-state index is 11.9. The molecule has 2 aromatic rings. The number of ketones is 1. The van der Waals surface area contributed by atoms with Gasteiger partial charge in [0, 0.05) is 12.8 Å². The first-order valence-corrected chi connectivity index (χ1v) is 8.10. The zero-order valence-electron chi connectivity index (χ0n) is 13.3. The lowest BCUT2D eigenvalue weighted by atomic mass is 9.79. The van der Waals surface area contributed by atoms with E-state index in [0.29, 0.717) is 19.3 Å². The Labute approximate surface area is 136 Å². The Morgan fingerprint density at radius 3 is 2.30 bits per heavy atom. The molecule has 1 aliphatic rings. The van der Waals surface area contributed by atoms with Crippen LogP contribution in [0, 0.1) is 5.92 Å². The van der Waals surface area contributed by atoms with Gasteiger partial charge in [0.05, 0.1) is 6.04 Å². The molecule has 0 aromatic heterocycles. The third-order valence-electron chi connectivity index (χ3n) is 4.46. The Balaban J connectivity index is 1.52. The van der Waals surface area contributed by atoms with E-state index in [4.69, 9.17) is 0 Å². The van der Waals surface area contributed by atoms with E-state index in [1.807, 2.05) is 25.1 Å². The van der Waals surface area contributed by atoms with Crippen LogP contribution in [0.5, 0.6) is 0 Å². The summed E-state index contributed by atoms with van der Waals surface area (Å²) in [6, 6.07) is 18.2. The molecule has 1 aliphatic carbocycles. The second-order valence-electron chi connectivity index (χ2n) is 6.26. The second kappa shape index (κ2) is 6.78. The van der Waals surface area contributed by atoms with E-state index in [9.17, 15) is 9.59 Å². The van der Waals surface area contributed by atoms with E-state index in [1.165, 1.54) is 11.1 Å². The number of hydrogen-bond acceptors (Lipinski definition) is 2. The molecule has 0 spiro atoms. The van der Waals surface area contributed by atoms with Crippen LogP contribution in [0.3, 0.4) is 0 Å². The molecule has 2 atom stereocenters. The summed E-state index contributed by atoms with van der Waals surface area (Å²) >= 11 is 0. The number of carbonyl (C=O) groups is 2. The van der Waals surface area contributed by atoms with Crippen LogP contribution in [0.1, 0.15) is 25.3 Å². The van der Waals surface area contributed by atoms with Gasteiger partial charge in [0.2, 0.25) is 5.91 Å². The summed E-state index contributed by atoms with van der Waals surface area (Å²) in [5.74, 6) is 0.386. The fourth-order valence-electron chi connectivity index (χ4n) is 2.94. The fourth-order valence-corrected chi connectivity index (χ4v) is 2.94. The molecule has 3 nitrogen and oxygen atoms in total. The van der Waals surface area contributed by atoms with Crippen molar-refractivity contribution in [3.63, 3.8) is 0 Å². The predicted octanol–water partition coefficient (Wildman–Crippen LogP) is 3.38. The Bertz CT molecular complexity index is 691. The van der Waals surface area contributed by atoms with Gasteiger partial charge in [-0.05, 0) is 29.0 Å². The quantitative estimate of drug-likeness (QED) is 0.920. The Morgan fingerprint density at radius 2 is 1.70 bits per heavy atom. The molecule has 1 fully saturated rings. The number of Topliss-reactive ketones (excluding diaryl/α,β-unsaturated/α-hetero) is 1. The highest BCUT2D eigenvalue weighted by atomic mass is 16.2. The monoisotopic (exact) mass is 307 g/mol. The first kappa shape index (κ1) is 15.5. The van der Waals surface area contributed by atoms with Crippen LogP contribution in [0.25, 0.3) is 11.1 Å². The zero-order valence-corrected chi connectivity index (χ0v) is 13.3. The van der Waals surface area contributed by atoms with Gasteiger partial charge in [-0.1, -0.05) is 61.5 Å². The van der Waals surface area contributed by atoms with Gasteiger partial charge in [-0.15, -0.1) is 0 Å². The van der Waals surface area contributed by atoms with Gasteiger partial charge in [-0.2, -0.15) is 0 Å². The highest BCUT2D eigenvalue weighted by molar-refractivity contribution is 5.94. The molecule has 23 heavy (non-hydrogen) atoms. The van der Waals surface area contributed by atoms with Gasteiger partial charge in [-0.25, -0.2) is 0 Å². The SMILES string of the molecule is C[C@@H]1CC(=O)[C@H]1NC(=O)CCc1ccc(-c2ccccc2)cc1. The molecule has 0 unspecified atom stereocenters. The molecule has 3 heteroatoms. The van der Waals surface area contributed by atoms with Crippen LogP contribution in [-0.4, -0.2) is 17.7 Å². The Kier molecular flexibility index (Phi) is 4.56.